The quantitative estimate of drug-likeness (QED) is 0.305. The first kappa shape index (κ1) is 25.3. The van der Waals surface area contributed by atoms with Crippen LogP contribution in [0.1, 0.15) is 34.8 Å². The number of likely N-dealkylation sites (N-methyl/N-ethyl adjacent to an activating group) is 1. The lowest BCUT2D eigenvalue weighted by molar-refractivity contribution is -0.148. The highest BCUT2D eigenvalue weighted by atomic mass is 19.1. The number of nitrogens with one attached hydrogen (secondary N) is 1. The Labute approximate surface area is 204 Å². The Hall–Kier alpha value is -3.77. The highest BCUT2D eigenvalue weighted by Gasteiger charge is 2.63. The second-order valence-corrected chi connectivity index (χ2v) is 9.59. The fraction of sp³-hybridized carbons (Fsp3) is 0.417. The number of halogens is 1. The molecule has 0 spiro atoms. The van der Waals surface area contributed by atoms with E-state index in [2.05, 4.69) is 5.32 Å². The zero-order chi connectivity index (χ0) is 26.9. The Morgan fingerprint density at radius 1 is 1.25 bits per heavy atom. The van der Waals surface area contributed by atoms with Crippen LogP contribution in [-0.4, -0.2) is 74.4 Å². The number of primary amides is 1. The van der Waals surface area contributed by atoms with E-state index >= 15 is 4.39 Å². The van der Waals surface area contributed by atoms with Crippen LogP contribution in [0.5, 0.6) is 5.75 Å². The minimum atomic E-state index is -2.77. The van der Waals surface area contributed by atoms with Crippen molar-refractivity contribution in [2.45, 2.75) is 38.0 Å². The molecular weight excluding hydrogens is 477 g/mol. The van der Waals surface area contributed by atoms with Gasteiger partial charge in [-0.25, -0.2) is 4.39 Å². The molecule has 4 rings (SSSR count). The van der Waals surface area contributed by atoms with Crippen molar-refractivity contribution in [2.24, 2.45) is 17.6 Å². The SMILES string of the molecule is CC(=O)NCc1cc(F)c2c(c1O)C(=O)C1=C(O)[C@]3(O)C(=O)C(C(N)=O)=C(O)[C@@H](N(C)C)[C@@H]3C[C@@H]1C2. The lowest BCUT2D eigenvalue weighted by Gasteiger charge is -2.50. The number of aromatic hydroxyl groups is 1. The molecule has 192 valence electrons. The molecule has 0 radical (unpaired) electrons. The molecule has 3 aliphatic rings. The predicted octanol–water partition coefficient (Wildman–Crippen LogP) is -0.104. The van der Waals surface area contributed by atoms with Crippen LogP contribution >= 0.6 is 0 Å². The van der Waals surface area contributed by atoms with Crippen molar-refractivity contribution in [2.75, 3.05) is 14.1 Å². The van der Waals surface area contributed by atoms with Gasteiger partial charge in [0, 0.05) is 36.1 Å². The second kappa shape index (κ2) is 8.42. The first-order valence-corrected chi connectivity index (χ1v) is 11.2. The number of nitrogens with two attached hydrogens (primary N) is 1. The standard InChI is InChI=1S/C24H26FN3O8/c1-8(29)27-7-10-6-13(25)11-4-9-5-12-17(28(2)3)20(32)16(23(26)35)22(34)24(12,36)21(33)14(9)19(31)15(11)18(10)30/h6,9,12,17,30,32-33,36H,4-5,7H2,1-3H3,(H2,26,35)(H,27,29)/t9-,12-,17-,24-/m0/s1. The van der Waals surface area contributed by atoms with Crippen LogP contribution in [0.25, 0.3) is 0 Å². The van der Waals surface area contributed by atoms with E-state index in [9.17, 15) is 39.6 Å². The molecule has 36 heavy (non-hydrogen) atoms. The smallest absolute Gasteiger partial charge is 0.255 e. The number of hydrogen-bond acceptors (Lipinski definition) is 9. The number of ketones is 2. The number of carbonyl (C=O) groups is 4. The normalized spacial score (nSPS) is 27.6. The fourth-order valence-corrected chi connectivity index (χ4v) is 5.68. The molecular formula is C24H26FN3O8. The number of aliphatic hydroxyl groups excluding tert-OH is 2. The van der Waals surface area contributed by atoms with Gasteiger partial charge in [-0.3, -0.25) is 24.1 Å². The maximum absolute atomic E-state index is 15.1. The highest BCUT2D eigenvalue weighted by Crippen LogP contribution is 2.52. The lowest BCUT2D eigenvalue weighted by Crippen LogP contribution is -2.63. The van der Waals surface area contributed by atoms with E-state index in [4.69, 9.17) is 5.73 Å². The molecule has 0 unspecified atom stereocenters. The highest BCUT2D eigenvalue weighted by molar-refractivity contribution is 6.24. The fourth-order valence-electron chi connectivity index (χ4n) is 5.68. The Balaban J connectivity index is 1.92. The molecule has 4 atom stereocenters. The molecule has 0 bridgehead atoms. The number of allylic oxidation sites excluding steroid dienone is 1. The zero-order valence-corrected chi connectivity index (χ0v) is 19.8. The van der Waals surface area contributed by atoms with Crippen LogP contribution in [0.3, 0.4) is 0 Å². The average molecular weight is 503 g/mol. The molecule has 0 heterocycles. The van der Waals surface area contributed by atoms with Gasteiger partial charge in [0.2, 0.25) is 11.7 Å². The number of hydrogen-bond donors (Lipinski definition) is 6. The van der Waals surface area contributed by atoms with E-state index in [1.165, 1.54) is 25.9 Å². The molecule has 1 aromatic rings. The van der Waals surface area contributed by atoms with E-state index in [0.717, 1.165) is 6.07 Å². The first-order valence-electron chi connectivity index (χ1n) is 11.2. The third-order valence-electron chi connectivity index (χ3n) is 7.27. The van der Waals surface area contributed by atoms with Crippen molar-refractivity contribution >= 4 is 23.4 Å². The summed E-state index contributed by atoms with van der Waals surface area (Å²) in [6.45, 7) is 0.951. The van der Waals surface area contributed by atoms with Crippen molar-refractivity contribution in [1.82, 2.24) is 10.2 Å². The van der Waals surface area contributed by atoms with Gasteiger partial charge in [0.15, 0.2) is 11.4 Å². The van der Waals surface area contributed by atoms with Crippen molar-refractivity contribution in [3.63, 3.8) is 0 Å². The number of nitrogens with zero attached hydrogens (tertiary/aromatic N) is 1. The number of fused-ring (bicyclic) bond motifs is 3. The topological polar surface area (TPSA) is 190 Å². The number of rotatable bonds is 4. The summed E-state index contributed by atoms with van der Waals surface area (Å²) < 4.78 is 15.1. The first-order chi connectivity index (χ1) is 16.7. The van der Waals surface area contributed by atoms with Gasteiger partial charge in [-0.2, -0.15) is 0 Å². The van der Waals surface area contributed by atoms with Crippen molar-refractivity contribution < 1.29 is 44.0 Å². The number of benzene rings is 1. The molecule has 0 saturated carbocycles. The van der Waals surface area contributed by atoms with Crippen LogP contribution in [0, 0.1) is 17.7 Å². The lowest BCUT2D eigenvalue weighted by atomic mass is 9.58. The van der Waals surface area contributed by atoms with Crippen LogP contribution in [0.4, 0.5) is 4.39 Å². The van der Waals surface area contributed by atoms with Gasteiger partial charge >= 0.3 is 0 Å². The van der Waals surface area contributed by atoms with Crippen LogP contribution in [-0.2, 0) is 27.3 Å². The maximum Gasteiger partial charge on any atom is 0.255 e. The minimum Gasteiger partial charge on any atom is -0.510 e. The Morgan fingerprint density at radius 3 is 2.44 bits per heavy atom. The molecule has 3 aliphatic carbocycles. The van der Waals surface area contributed by atoms with Crippen LogP contribution in [0.2, 0.25) is 0 Å². The van der Waals surface area contributed by atoms with E-state index < -0.39 is 86.7 Å². The Kier molecular flexibility index (Phi) is 5.92. The largest absolute Gasteiger partial charge is 0.510 e. The molecule has 7 N–H and O–H groups in total. The number of carbonyl (C=O) groups excluding carboxylic acids is 4. The summed E-state index contributed by atoms with van der Waals surface area (Å²) in [5.41, 5.74) is 0.580. The molecule has 0 fully saturated rings. The molecule has 2 amide bonds. The Morgan fingerprint density at radius 2 is 1.89 bits per heavy atom. The molecule has 0 aromatic heterocycles. The summed E-state index contributed by atoms with van der Waals surface area (Å²) in [7, 11) is 3.03. The second-order valence-electron chi connectivity index (χ2n) is 9.59. The van der Waals surface area contributed by atoms with E-state index in [-0.39, 0.29) is 30.5 Å². The zero-order valence-electron chi connectivity index (χ0n) is 19.8. The Bertz CT molecular complexity index is 1300. The summed E-state index contributed by atoms with van der Waals surface area (Å²) >= 11 is 0. The van der Waals surface area contributed by atoms with Gasteiger partial charge in [-0.05, 0) is 38.9 Å². The van der Waals surface area contributed by atoms with E-state index in [1.54, 1.807) is 0 Å². The molecule has 0 saturated heterocycles. The molecule has 11 nitrogen and oxygen atoms in total. The van der Waals surface area contributed by atoms with Crippen LogP contribution < -0.4 is 11.1 Å². The number of aliphatic hydroxyl groups is 3. The van der Waals surface area contributed by atoms with E-state index in [1.807, 2.05) is 0 Å². The predicted molar refractivity (Wildman–Crippen MR) is 121 cm³/mol. The van der Waals surface area contributed by atoms with Crippen molar-refractivity contribution in [3.05, 3.63) is 51.2 Å². The van der Waals surface area contributed by atoms with Gasteiger partial charge in [0.1, 0.15) is 28.7 Å². The van der Waals surface area contributed by atoms with Crippen molar-refractivity contribution in [1.29, 1.82) is 0 Å². The van der Waals surface area contributed by atoms with Gasteiger partial charge in [0.05, 0.1) is 11.6 Å². The average Bonchev–Trinajstić information content (AvgIpc) is 2.77. The summed E-state index contributed by atoms with van der Waals surface area (Å²) in [5.74, 6) is -9.32. The number of phenolic OH excluding ortho intramolecular Hbond substituents is 1. The van der Waals surface area contributed by atoms with Crippen LogP contribution in [0.15, 0.2) is 28.7 Å². The third-order valence-corrected chi connectivity index (χ3v) is 7.27. The number of amides is 2. The summed E-state index contributed by atoms with van der Waals surface area (Å²) in [5, 5.41) is 46.6. The molecule has 12 heteroatoms. The summed E-state index contributed by atoms with van der Waals surface area (Å²) in [6.07, 6.45) is -0.298. The third kappa shape index (κ3) is 3.39. The summed E-state index contributed by atoms with van der Waals surface area (Å²) in [6, 6.07) is -0.125. The molecule has 1 aromatic carbocycles. The minimum absolute atomic E-state index is 0.0778. The van der Waals surface area contributed by atoms with E-state index in [0.29, 0.717) is 0 Å². The monoisotopic (exact) mass is 503 g/mol. The van der Waals surface area contributed by atoms with Crippen molar-refractivity contribution in [3.8, 4) is 5.75 Å². The maximum atomic E-state index is 15.1. The molecule has 0 aliphatic heterocycles. The number of Topliss-reactive ketones (excluding diaryl/α,β-unsaturated/α-hetero) is 2. The van der Waals surface area contributed by atoms with Gasteiger partial charge in [-0.15, -0.1) is 0 Å². The van der Waals surface area contributed by atoms with Gasteiger partial charge in [0.25, 0.3) is 5.91 Å². The van der Waals surface area contributed by atoms with Gasteiger partial charge in [-0.1, -0.05) is 0 Å². The van der Waals surface area contributed by atoms with Gasteiger partial charge < -0.3 is 31.5 Å². The number of phenols is 1. The summed E-state index contributed by atoms with van der Waals surface area (Å²) in [4.78, 5) is 51.4.